The van der Waals surface area contributed by atoms with E-state index in [4.69, 9.17) is 0 Å². The Balaban J connectivity index is 2.25. The fourth-order valence-electron chi connectivity index (χ4n) is 1.64. The summed E-state index contributed by atoms with van der Waals surface area (Å²) in [5.74, 6) is -0.127. The molecule has 2 rings (SSSR count). The van der Waals surface area contributed by atoms with E-state index in [-0.39, 0.29) is 5.91 Å². The Kier molecular flexibility index (Phi) is 3.57. The molecule has 1 aromatic heterocycles. The minimum absolute atomic E-state index is 0.127. The number of benzene rings is 1. The van der Waals surface area contributed by atoms with Gasteiger partial charge < -0.3 is 10.2 Å². The summed E-state index contributed by atoms with van der Waals surface area (Å²) >= 11 is 0. The third-order valence-electron chi connectivity index (χ3n) is 2.72. The number of nitrogens with one attached hydrogen (secondary N) is 1. The molecule has 1 aromatic carbocycles. The Hall–Kier alpha value is -2.36. The summed E-state index contributed by atoms with van der Waals surface area (Å²) in [4.78, 5) is 17.9. The van der Waals surface area contributed by atoms with Crippen LogP contribution in [0.3, 0.4) is 0 Å². The number of carbonyl (C=O) groups excluding carboxylic acids is 1. The van der Waals surface area contributed by atoms with E-state index in [0.29, 0.717) is 5.69 Å². The largest absolute Gasteiger partial charge is 0.388 e. The van der Waals surface area contributed by atoms with E-state index < -0.39 is 0 Å². The highest BCUT2D eigenvalue weighted by Gasteiger charge is 2.14. The topological polar surface area (TPSA) is 45.2 Å². The minimum Gasteiger partial charge on any atom is -0.388 e. The molecule has 4 nitrogen and oxygen atoms in total. The Morgan fingerprint density at radius 3 is 2.61 bits per heavy atom. The number of carbonyl (C=O) groups is 1. The zero-order valence-electron chi connectivity index (χ0n) is 10.4. The second-order valence-corrected chi connectivity index (χ2v) is 3.88. The molecule has 0 aliphatic carbocycles. The van der Waals surface area contributed by atoms with E-state index in [1.807, 2.05) is 43.4 Å². The van der Waals surface area contributed by atoms with Gasteiger partial charge in [-0.05, 0) is 24.3 Å². The van der Waals surface area contributed by atoms with E-state index in [1.54, 1.807) is 24.2 Å². The minimum atomic E-state index is -0.127. The van der Waals surface area contributed by atoms with Crippen molar-refractivity contribution in [3.63, 3.8) is 0 Å². The van der Waals surface area contributed by atoms with Gasteiger partial charge in [-0.3, -0.25) is 9.78 Å². The van der Waals surface area contributed by atoms with Crippen LogP contribution in [0.15, 0.2) is 48.7 Å². The van der Waals surface area contributed by atoms with Crippen molar-refractivity contribution in [3.8, 4) is 0 Å². The third-order valence-corrected chi connectivity index (χ3v) is 2.72. The smallest absolute Gasteiger partial charge is 0.276 e. The van der Waals surface area contributed by atoms with Crippen LogP contribution in [-0.4, -0.2) is 25.0 Å². The monoisotopic (exact) mass is 241 g/mol. The van der Waals surface area contributed by atoms with E-state index in [9.17, 15) is 4.79 Å². The SMILES string of the molecule is CNc1ccnc(C(=O)N(C)c2ccccc2)c1. The van der Waals surface area contributed by atoms with Crippen LogP contribution >= 0.6 is 0 Å². The first-order valence-electron chi connectivity index (χ1n) is 5.69. The molecule has 0 radical (unpaired) electrons. The normalized spacial score (nSPS) is 9.89. The molecular formula is C14H15N3O. The van der Waals surface area contributed by atoms with Crippen molar-refractivity contribution < 1.29 is 4.79 Å². The molecule has 0 aliphatic heterocycles. The summed E-state index contributed by atoms with van der Waals surface area (Å²) in [5, 5.41) is 2.99. The van der Waals surface area contributed by atoms with Gasteiger partial charge in [-0.15, -0.1) is 0 Å². The van der Waals surface area contributed by atoms with Crippen molar-refractivity contribution in [3.05, 3.63) is 54.4 Å². The molecule has 0 bridgehead atoms. The molecule has 0 atom stereocenters. The van der Waals surface area contributed by atoms with Crippen LogP contribution in [-0.2, 0) is 0 Å². The maximum atomic E-state index is 12.2. The van der Waals surface area contributed by atoms with Gasteiger partial charge in [-0.1, -0.05) is 18.2 Å². The van der Waals surface area contributed by atoms with Crippen molar-refractivity contribution in [1.82, 2.24) is 4.98 Å². The van der Waals surface area contributed by atoms with E-state index in [2.05, 4.69) is 10.3 Å². The molecule has 0 saturated heterocycles. The first kappa shape index (κ1) is 12.1. The lowest BCUT2D eigenvalue weighted by atomic mass is 10.2. The highest BCUT2D eigenvalue weighted by Crippen LogP contribution is 2.15. The fourth-order valence-corrected chi connectivity index (χ4v) is 1.64. The number of para-hydroxylation sites is 1. The summed E-state index contributed by atoms with van der Waals surface area (Å²) in [6.45, 7) is 0. The maximum Gasteiger partial charge on any atom is 0.276 e. The summed E-state index contributed by atoms with van der Waals surface area (Å²) in [6, 6.07) is 13.1. The molecule has 4 heteroatoms. The van der Waals surface area contributed by atoms with Gasteiger partial charge >= 0.3 is 0 Å². The van der Waals surface area contributed by atoms with Crippen LogP contribution in [0.5, 0.6) is 0 Å². The molecule has 0 fully saturated rings. The van der Waals surface area contributed by atoms with Crippen molar-refractivity contribution in [2.24, 2.45) is 0 Å². The molecule has 0 aliphatic rings. The van der Waals surface area contributed by atoms with E-state index in [0.717, 1.165) is 11.4 Å². The Labute approximate surface area is 106 Å². The van der Waals surface area contributed by atoms with Gasteiger partial charge in [-0.25, -0.2) is 0 Å². The predicted molar refractivity (Wildman–Crippen MR) is 73.0 cm³/mol. The number of amides is 1. The highest BCUT2D eigenvalue weighted by molar-refractivity contribution is 6.04. The second kappa shape index (κ2) is 5.31. The Morgan fingerprint density at radius 1 is 1.22 bits per heavy atom. The maximum absolute atomic E-state index is 12.2. The van der Waals surface area contributed by atoms with Gasteiger partial charge in [0.1, 0.15) is 5.69 Å². The predicted octanol–water partition coefficient (Wildman–Crippen LogP) is 2.40. The van der Waals surface area contributed by atoms with Gasteiger partial charge in [-0.2, -0.15) is 0 Å². The van der Waals surface area contributed by atoms with E-state index >= 15 is 0 Å². The zero-order chi connectivity index (χ0) is 13.0. The van der Waals surface area contributed by atoms with Gasteiger partial charge in [0.2, 0.25) is 0 Å². The molecule has 1 heterocycles. The van der Waals surface area contributed by atoms with Crippen LogP contribution < -0.4 is 10.2 Å². The van der Waals surface area contributed by atoms with Gasteiger partial charge in [0.05, 0.1) is 0 Å². The third kappa shape index (κ3) is 2.48. The molecule has 92 valence electrons. The number of anilines is 2. The Morgan fingerprint density at radius 2 is 1.94 bits per heavy atom. The second-order valence-electron chi connectivity index (χ2n) is 3.88. The van der Waals surface area contributed by atoms with Crippen molar-refractivity contribution >= 4 is 17.3 Å². The molecule has 0 spiro atoms. The molecule has 0 saturated carbocycles. The zero-order valence-corrected chi connectivity index (χ0v) is 10.4. The molecule has 18 heavy (non-hydrogen) atoms. The average Bonchev–Trinajstić information content (AvgIpc) is 2.46. The lowest BCUT2D eigenvalue weighted by Crippen LogP contribution is -2.27. The summed E-state index contributed by atoms with van der Waals surface area (Å²) in [7, 11) is 3.55. The Bertz CT molecular complexity index is 540. The van der Waals surface area contributed by atoms with Crippen LogP contribution in [0.2, 0.25) is 0 Å². The van der Waals surface area contributed by atoms with Crippen LogP contribution in [0, 0.1) is 0 Å². The molecule has 0 unspecified atom stereocenters. The van der Waals surface area contributed by atoms with Gasteiger partial charge in [0.15, 0.2) is 0 Å². The summed E-state index contributed by atoms with van der Waals surface area (Å²) in [6.07, 6.45) is 1.62. The first-order valence-corrected chi connectivity index (χ1v) is 5.69. The van der Waals surface area contributed by atoms with Crippen LogP contribution in [0.25, 0.3) is 0 Å². The van der Waals surface area contributed by atoms with Crippen LogP contribution in [0.4, 0.5) is 11.4 Å². The average molecular weight is 241 g/mol. The van der Waals surface area contributed by atoms with Gasteiger partial charge in [0.25, 0.3) is 5.91 Å². The molecule has 1 N–H and O–H groups in total. The standard InChI is InChI=1S/C14H15N3O/c1-15-11-8-9-16-13(10-11)14(18)17(2)12-6-4-3-5-7-12/h3-10H,1-2H3,(H,15,16). The lowest BCUT2D eigenvalue weighted by molar-refractivity contribution is 0.0988. The summed E-state index contributed by atoms with van der Waals surface area (Å²) in [5.41, 5.74) is 2.14. The quantitative estimate of drug-likeness (QED) is 0.897. The number of hydrogen-bond acceptors (Lipinski definition) is 3. The number of rotatable bonds is 3. The van der Waals surface area contributed by atoms with E-state index in [1.165, 1.54) is 0 Å². The number of aromatic nitrogens is 1. The number of pyridine rings is 1. The molecule has 2 aromatic rings. The molecule has 1 amide bonds. The van der Waals surface area contributed by atoms with Crippen molar-refractivity contribution in [1.29, 1.82) is 0 Å². The number of nitrogens with zero attached hydrogens (tertiary/aromatic N) is 2. The number of hydrogen-bond donors (Lipinski definition) is 1. The van der Waals surface area contributed by atoms with Crippen molar-refractivity contribution in [2.45, 2.75) is 0 Å². The van der Waals surface area contributed by atoms with Crippen molar-refractivity contribution in [2.75, 3.05) is 24.3 Å². The summed E-state index contributed by atoms with van der Waals surface area (Å²) < 4.78 is 0. The highest BCUT2D eigenvalue weighted by atomic mass is 16.2. The molecular weight excluding hydrogens is 226 g/mol. The lowest BCUT2D eigenvalue weighted by Gasteiger charge is -2.16. The van der Waals surface area contributed by atoms with Crippen LogP contribution in [0.1, 0.15) is 10.5 Å². The fraction of sp³-hybridized carbons (Fsp3) is 0.143. The first-order chi connectivity index (χ1) is 8.72. The van der Waals surface area contributed by atoms with Gasteiger partial charge in [0, 0.05) is 31.7 Å².